The first-order valence-electron chi connectivity index (χ1n) is 8.97. The topological polar surface area (TPSA) is 78.5 Å². The van der Waals surface area contributed by atoms with Crippen LogP contribution in [-0.4, -0.2) is 24.7 Å². The van der Waals surface area contributed by atoms with Gasteiger partial charge in [-0.15, -0.1) is 0 Å². The van der Waals surface area contributed by atoms with E-state index in [0.717, 1.165) is 27.8 Å². The number of carbonyl (C=O) groups is 2. The fourth-order valence-corrected chi connectivity index (χ4v) is 4.30. The van der Waals surface area contributed by atoms with E-state index in [1.807, 2.05) is 53.2 Å². The molecule has 1 aliphatic rings. The molecule has 3 aromatic rings. The molecule has 0 spiro atoms. The predicted molar refractivity (Wildman–Crippen MR) is 105 cm³/mol. The minimum Gasteiger partial charge on any atom is -0.548 e. The molecule has 1 heterocycles. The second-order valence-corrected chi connectivity index (χ2v) is 7.46. The van der Waals surface area contributed by atoms with E-state index in [4.69, 9.17) is 4.74 Å². The number of hydrogen-bond acceptors (Lipinski definition) is 5. The van der Waals surface area contributed by atoms with E-state index in [9.17, 15) is 14.7 Å². The van der Waals surface area contributed by atoms with Crippen molar-refractivity contribution >= 4 is 23.4 Å². The third-order valence-corrected chi connectivity index (χ3v) is 5.67. The molecule has 1 amide bonds. The van der Waals surface area contributed by atoms with Crippen molar-refractivity contribution in [1.82, 2.24) is 5.32 Å². The van der Waals surface area contributed by atoms with Gasteiger partial charge in [0.25, 0.3) is 0 Å². The fraction of sp³-hybridized carbons (Fsp3) is 0.182. The summed E-state index contributed by atoms with van der Waals surface area (Å²) in [7, 11) is 0. The Labute approximate surface area is 166 Å². The number of carboxylic acids is 1. The lowest BCUT2D eigenvalue weighted by atomic mass is 9.98. The van der Waals surface area contributed by atoms with Crippen LogP contribution in [-0.2, 0) is 16.0 Å². The lowest BCUT2D eigenvalue weighted by Crippen LogP contribution is -2.49. The molecule has 2 aromatic carbocycles. The number of hydrogen-bond donors (Lipinski definition) is 1. The van der Waals surface area contributed by atoms with Crippen molar-refractivity contribution < 1.29 is 19.4 Å². The molecule has 0 unspecified atom stereocenters. The molecule has 142 valence electrons. The molecule has 0 bridgehead atoms. The standard InChI is InChI=1S/C22H19NO4S/c24-21(25)20(11-14-9-10-28-13-14)23-22(26)27-12-19-17-7-3-1-5-15(17)16-6-2-4-8-18(16)19/h1-10,13,19-20H,11-12H2,(H,23,26)(H,24,25)/p-1/t20-/m1/s1. The maximum Gasteiger partial charge on any atom is 0.407 e. The summed E-state index contributed by atoms with van der Waals surface area (Å²) in [5.41, 5.74) is 5.31. The first-order valence-corrected chi connectivity index (χ1v) is 9.91. The van der Waals surface area contributed by atoms with Crippen LogP contribution in [0, 0.1) is 0 Å². The number of nitrogens with one attached hydrogen (secondary N) is 1. The van der Waals surface area contributed by atoms with Crippen molar-refractivity contribution in [2.45, 2.75) is 18.4 Å². The van der Waals surface area contributed by atoms with Crippen LogP contribution in [0.4, 0.5) is 4.79 Å². The summed E-state index contributed by atoms with van der Waals surface area (Å²) < 4.78 is 5.40. The molecule has 6 heteroatoms. The van der Waals surface area contributed by atoms with Crippen molar-refractivity contribution in [2.75, 3.05) is 6.61 Å². The highest BCUT2D eigenvalue weighted by Gasteiger charge is 2.29. The summed E-state index contributed by atoms with van der Waals surface area (Å²) >= 11 is 1.47. The van der Waals surface area contributed by atoms with Gasteiger partial charge in [-0.05, 0) is 51.1 Å². The number of alkyl carbamates (subject to hydrolysis) is 1. The van der Waals surface area contributed by atoms with Crippen molar-refractivity contribution in [3.8, 4) is 11.1 Å². The van der Waals surface area contributed by atoms with Crippen LogP contribution >= 0.6 is 11.3 Å². The number of thiophene rings is 1. The minimum atomic E-state index is -1.33. The first kappa shape index (κ1) is 18.3. The van der Waals surface area contributed by atoms with E-state index in [1.54, 1.807) is 0 Å². The van der Waals surface area contributed by atoms with E-state index < -0.39 is 18.1 Å². The molecule has 0 saturated carbocycles. The summed E-state index contributed by atoms with van der Waals surface area (Å²) in [4.78, 5) is 23.6. The number of amides is 1. The van der Waals surface area contributed by atoms with Gasteiger partial charge in [-0.25, -0.2) is 4.79 Å². The largest absolute Gasteiger partial charge is 0.548 e. The molecule has 0 saturated heterocycles. The Morgan fingerprint density at radius 1 is 1.04 bits per heavy atom. The third-order valence-electron chi connectivity index (χ3n) is 4.94. The Kier molecular flexibility index (Phi) is 5.12. The molecular formula is C22H18NO4S-. The van der Waals surface area contributed by atoms with Gasteiger partial charge in [-0.1, -0.05) is 48.5 Å². The van der Waals surface area contributed by atoms with E-state index in [0.29, 0.717) is 0 Å². The van der Waals surface area contributed by atoms with Gasteiger partial charge in [-0.2, -0.15) is 11.3 Å². The van der Waals surface area contributed by atoms with E-state index in [1.165, 1.54) is 11.3 Å². The van der Waals surface area contributed by atoms with E-state index in [-0.39, 0.29) is 18.9 Å². The average Bonchev–Trinajstić information content (AvgIpc) is 3.32. The first-order chi connectivity index (χ1) is 13.6. The zero-order valence-electron chi connectivity index (χ0n) is 15.0. The highest BCUT2D eigenvalue weighted by molar-refractivity contribution is 7.07. The number of ether oxygens (including phenoxy) is 1. The van der Waals surface area contributed by atoms with Gasteiger partial charge >= 0.3 is 6.09 Å². The highest BCUT2D eigenvalue weighted by Crippen LogP contribution is 2.44. The molecule has 1 N–H and O–H groups in total. The van der Waals surface area contributed by atoms with Crippen LogP contribution in [0.15, 0.2) is 65.4 Å². The van der Waals surface area contributed by atoms with Gasteiger partial charge in [0.05, 0.1) is 12.0 Å². The summed E-state index contributed by atoms with van der Waals surface area (Å²) in [6.45, 7) is 0.137. The van der Waals surface area contributed by atoms with Crippen LogP contribution in [0.5, 0.6) is 0 Å². The lowest BCUT2D eigenvalue weighted by Gasteiger charge is -2.20. The monoisotopic (exact) mass is 392 g/mol. The van der Waals surface area contributed by atoms with Gasteiger partial charge in [0.15, 0.2) is 0 Å². The molecule has 0 aliphatic heterocycles. The van der Waals surface area contributed by atoms with Crippen molar-refractivity contribution in [1.29, 1.82) is 0 Å². The summed E-state index contributed by atoms with van der Waals surface area (Å²) in [5, 5.41) is 17.5. The Balaban J connectivity index is 1.44. The van der Waals surface area contributed by atoms with E-state index in [2.05, 4.69) is 17.4 Å². The number of benzene rings is 2. The van der Waals surface area contributed by atoms with Crippen LogP contribution in [0.25, 0.3) is 11.1 Å². The van der Waals surface area contributed by atoms with Gasteiger partial charge in [0.1, 0.15) is 6.61 Å². The quantitative estimate of drug-likeness (QED) is 0.700. The second-order valence-electron chi connectivity index (χ2n) is 6.68. The number of carbonyl (C=O) groups excluding carboxylic acids is 2. The number of aliphatic carboxylic acids is 1. The zero-order valence-corrected chi connectivity index (χ0v) is 15.8. The van der Waals surface area contributed by atoms with Gasteiger partial charge in [-0.3, -0.25) is 0 Å². The fourth-order valence-electron chi connectivity index (χ4n) is 3.62. The van der Waals surface area contributed by atoms with Crippen molar-refractivity contribution in [3.63, 3.8) is 0 Å². The predicted octanol–water partition coefficient (Wildman–Crippen LogP) is 2.95. The summed E-state index contributed by atoms with van der Waals surface area (Å²) in [5.74, 6) is -1.41. The summed E-state index contributed by atoms with van der Waals surface area (Å²) in [6.07, 6.45) is -0.595. The second kappa shape index (κ2) is 7.86. The molecular weight excluding hydrogens is 374 g/mol. The minimum absolute atomic E-state index is 0.0728. The van der Waals surface area contributed by atoms with Crippen LogP contribution in [0.3, 0.4) is 0 Å². The van der Waals surface area contributed by atoms with Gasteiger partial charge in [0, 0.05) is 5.92 Å². The van der Waals surface area contributed by atoms with Crippen molar-refractivity contribution in [3.05, 3.63) is 82.0 Å². The SMILES string of the molecule is O=C(N[C@H](Cc1ccsc1)C(=O)[O-])OCC1c2ccccc2-c2ccccc21. The smallest absolute Gasteiger partial charge is 0.407 e. The summed E-state index contributed by atoms with van der Waals surface area (Å²) in [6, 6.07) is 16.8. The van der Waals surface area contributed by atoms with Gasteiger partial charge in [0.2, 0.25) is 0 Å². The maximum absolute atomic E-state index is 12.2. The Morgan fingerprint density at radius 3 is 2.25 bits per heavy atom. The number of carboxylic acid groups (broad SMARTS) is 1. The molecule has 0 fully saturated rings. The van der Waals surface area contributed by atoms with Crippen LogP contribution in [0.1, 0.15) is 22.6 Å². The third kappa shape index (κ3) is 3.64. The normalized spacial score (nSPS) is 13.4. The van der Waals surface area contributed by atoms with Crippen LogP contribution in [0.2, 0.25) is 0 Å². The van der Waals surface area contributed by atoms with Crippen LogP contribution < -0.4 is 10.4 Å². The van der Waals surface area contributed by atoms with E-state index >= 15 is 0 Å². The Bertz CT molecular complexity index is 954. The molecule has 1 aromatic heterocycles. The average molecular weight is 392 g/mol. The molecule has 0 radical (unpaired) electrons. The number of rotatable bonds is 6. The molecule has 28 heavy (non-hydrogen) atoms. The molecule has 1 aliphatic carbocycles. The zero-order chi connectivity index (χ0) is 19.5. The molecule has 5 nitrogen and oxygen atoms in total. The van der Waals surface area contributed by atoms with Gasteiger partial charge < -0.3 is 20.0 Å². The van der Waals surface area contributed by atoms with Crippen molar-refractivity contribution in [2.24, 2.45) is 0 Å². The maximum atomic E-state index is 12.2. The Hall–Kier alpha value is -3.12. The lowest BCUT2D eigenvalue weighted by molar-refractivity contribution is -0.308. The highest BCUT2D eigenvalue weighted by atomic mass is 32.1. The molecule has 4 rings (SSSR count). The molecule has 1 atom stereocenters. The Morgan fingerprint density at radius 2 is 1.68 bits per heavy atom. The number of fused-ring (bicyclic) bond motifs is 3.